The third-order valence-electron chi connectivity index (χ3n) is 7.27. The summed E-state index contributed by atoms with van der Waals surface area (Å²) in [5, 5.41) is 28.4. The molecule has 0 aliphatic heterocycles. The number of carboxylic acid groups (broad SMARTS) is 1. The van der Waals surface area contributed by atoms with Crippen molar-refractivity contribution in [3.63, 3.8) is 0 Å². The molecule has 0 radical (unpaired) electrons. The zero-order valence-electron chi connectivity index (χ0n) is 24.8. The van der Waals surface area contributed by atoms with Gasteiger partial charge >= 0.3 is 5.97 Å². The molecule has 44 heavy (non-hydrogen) atoms. The van der Waals surface area contributed by atoms with Gasteiger partial charge in [0.25, 0.3) is 0 Å². The zero-order chi connectivity index (χ0) is 32.1. The first-order chi connectivity index (χ1) is 21.1. The first-order valence-corrected chi connectivity index (χ1v) is 15.9. The Labute approximate surface area is 260 Å². The number of amides is 3. The Bertz CT molecular complexity index is 1400. The van der Waals surface area contributed by atoms with Crippen molar-refractivity contribution < 1.29 is 29.4 Å². The second kappa shape index (κ2) is 17.3. The molecule has 3 amide bonds. The van der Waals surface area contributed by atoms with Crippen LogP contribution < -0.4 is 27.4 Å². The first kappa shape index (κ1) is 34.4. The van der Waals surface area contributed by atoms with E-state index in [9.17, 15) is 29.4 Å². The predicted octanol–water partition coefficient (Wildman–Crippen LogP) is 1.41. The lowest BCUT2D eigenvalue weighted by Gasteiger charge is -2.25. The van der Waals surface area contributed by atoms with E-state index in [4.69, 9.17) is 11.5 Å². The maximum atomic E-state index is 13.8. The summed E-state index contributed by atoms with van der Waals surface area (Å²) in [5.41, 5.74) is 13.9. The van der Waals surface area contributed by atoms with Crippen molar-refractivity contribution >= 4 is 46.4 Å². The van der Waals surface area contributed by atoms with E-state index in [1.54, 1.807) is 30.1 Å². The predicted molar refractivity (Wildman–Crippen MR) is 171 cm³/mol. The summed E-state index contributed by atoms with van der Waals surface area (Å²) in [5.74, 6) is -2.32. The number of aromatic amines is 1. The number of nitrogens with one attached hydrogen (secondary N) is 4. The number of para-hydroxylation sites is 1. The van der Waals surface area contributed by atoms with Gasteiger partial charge in [-0.3, -0.25) is 14.4 Å². The number of hydrogen-bond acceptors (Lipinski definition) is 8. The molecule has 238 valence electrons. The van der Waals surface area contributed by atoms with E-state index >= 15 is 0 Å². The maximum absolute atomic E-state index is 13.8. The molecule has 0 spiro atoms. The Morgan fingerprint density at radius 1 is 0.864 bits per heavy atom. The number of carboxylic acids is 1. The van der Waals surface area contributed by atoms with Crippen molar-refractivity contribution in [1.29, 1.82) is 0 Å². The number of hydrogen-bond donors (Lipinski definition) is 8. The number of unbranched alkanes of at least 4 members (excludes halogenated alkanes) is 1. The van der Waals surface area contributed by atoms with Gasteiger partial charge in [0.15, 0.2) is 0 Å². The Morgan fingerprint density at radius 3 is 2.16 bits per heavy atom. The molecule has 0 bridgehead atoms. The Balaban J connectivity index is 1.87. The van der Waals surface area contributed by atoms with E-state index in [2.05, 4.69) is 20.9 Å². The molecular formula is C31H42N6O6S. The molecule has 0 fully saturated rings. The smallest absolute Gasteiger partial charge is 0.326 e. The second-order valence-electron chi connectivity index (χ2n) is 10.6. The number of nitrogens with two attached hydrogens (primary N) is 2. The van der Waals surface area contributed by atoms with Gasteiger partial charge in [0.05, 0.1) is 6.04 Å². The fourth-order valence-corrected chi connectivity index (χ4v) is 5.25. The highest BCUT2D eigenvalue weighted by Crippen LogP contribution is 2.20. The number of aliphatic carboxylic acids is 1. The molecule has 0 aliphatic rings. The zero-order valence-corrected chi connectivity index (χ0v) is 25.6. The van der Waals surface area contributed by atoms with Gasteiger partial charge in [0.2, 0.25) is 17.7 Å². The van der Waals surface area contributed by atoms with Crippen LogP contribution in [-0.2, 0) is 32.0 Å². The lowest BCUT2D eigenvalue weighted by molar-refractivity contribution is -0.142. The number of phenolic OH excluding ortho intramolecular Hbond substituents is 1. The molecule has 0 saturated carbocycles. The summed E-state index contributed by atoms with van der Waals surface area (Å²) in [6, 6.07) is 9.39. The van der Waals surface area contributed by atoms with E-state index in [1.807, 2.05) is 30.5 Å². The number of aromatic nitrogens is 1. The summed E-state index contributed by atoms with van der Waals surface area (Å²) in [7, 11) is 0. The largest absolute Gasteiger partial charge is 0.508 e. The minimum atomic E-state index is -1.20. The lowest BCUT2D eigenvalue weighted by atomic mass is 10.0. The normalized spacial score (nSPS) is 13.9. The molecule has 10 N–H and O–H groups in total. The van der Waals surface area contributed by atoms with Crippen LogP contribution in [-0.4, -0.2) is 81.6 Å². The number of H-pyrrole nitrogens is 1. The Kier molecular flexibility index (Phi) is 13.5. The molecule has 1 aromatic heterocycles. The van der Waals surface area contributed by atoms with Crippen molar-refractivity contribution in [2.75, 3.05) is 18.6 Å². The summed E-state index contributed by atoms with van der Waals surface area (Å²) in [4.78, 5) is 55.4. The Hall–Kier alpha value is -4.07. The van der Waals surface area contributed by atoms with Gasteiger partial charge in [0, 0.05) is 29.9 Å². The average Bonchev–Trinajstić information content (AvgIpc) is 3.42. The number of benzene rings is 2. The lowest BCUT2D eigenvalue weighted by Crippen LogP contribution is -2.58. The molecule has 0 aliphatic carbocycles. The molecule has 3 aromatic rings. The highest BCUT2D eigenvalue weighted by Gasteiger charge is 2.31. The van der Waals surface area contributed by atoms with Crippen LogP contribution in [0.15, 0.2) is 54.7 Å². The van der Waals surface area contributed by atoms with Gasteiger partial charge < -0.3 is 42.6 Å². The molecule has 4 unspecified atom stereocenters. The van der Waals surface area contributed by atoms with Crippen molar-refractivity contribution in [2.24, 2.45) is 11.5 Å². The topological polar surface area (TPSA) is 213 Å². The van der Waals surface area contributed by atoms with Crippen molar-refractivity contribution in [3.8, 4) is 5.75 Å². The van der Waals surface area contributed by atoms with Crippen LogP contribution in [0, 0.1) is 0 Å². The van der Waals surface area contributed by atoms with Crippen molar-refractivity contribution in [1.82, 2.24) is 20.9 Å². The SMILES string of the molecule is CSCCC(N)C(=O)NC(Cc1c[nH]c2ccccc12)C(=O)NC(Cc1ccc(O)cc1)C(=O)NC(CCCCN)C(=O)O. The number of carbonyl (C=O) groups excluding carboxylic acids is 3. The number of phenols is 1. The van der Waals surface area contributed by atoms with Crippen molar-refractivity contribution in [3.05, 3.63) is 65.9 Å². The number of thioether (sulfide) groups is 1. The van der Waals surface area contributed by atoms with Crippen LogP contribution >= 0.6 is 11.8 Å². The van der Waals surface area contributed by atoms with Crippen LogP contribution in [0.4, 0.5) is 0 Å². The molecule has 13 heteroatoms. The standard InChI is InChI=1S/C31H42N6O6S/c1-44-15-13-23(33)28(39)36-27(17-20-18-34-24-7-3-2-6-22(20)24)30(41)37-26(16-19-9-11-21(38)12-10-19)29(40)35-25(31(42)43)8-4-5-14-32/h2-3,6-7,9-12,18,23,25-27,34,38H,4-5,8,13-17,32-33H2,1H3,(H,35,40)(H,36,39)(H,37,41)(H,42,43). The molecule has 3 rings (SSSR count). The number of carbonyl (C=O) groups is 4. The molecule has 2 aromatic carbocycles. The molecule has 12 nitrogen and oxygen atoms in total. The number of rotatable bonds is 18. The fraction of sp³-hybridized carbons (Fsp3) is 0.419. The summed E-state index contributed by atoms with van der Waals surface area (Å²) in [6.45, 7) is 0.393. The van der Waals surface area contributed by atoms with Crippen LogP contribution in [0.5, 0.6) is 5.75 Å². The van der Waals surface area contributed by atoms with Crippen LogP contribution in [0.1, 0.15) is 36.8 Å². The Morgan fingerprint density at radius 2 is 1.50 bits per heavy atom. The van der Waals surface area contributed by atoms with E-state index in [1.165, 1.54) is 12.1 Å². The quantitative estimate of drug-likeness (QED) is 0.0957. The van der Waals surface area contributed by atoms with E-state index in [0.717, 1.165) is 16.5 Å². The molecule has 0 saturated heterocycles. The monoisotopic (exact) mass is 626 g/mol. The van der Waals surface area contributed by atoms with Gasteiger partial charge in [-0.05, 0) is 73.6 Å². The minimum absolute atomic E-state index is 0.00792. The summed E-state index contributed by atoms with van der Waals surface area (Å²) < 4.78 is 0. The van der Waals surface area contributed by atoms with Crippen LogP contribution in [0.25, 0.3) is 10.9 Å². The van der Waals surface area contributed by atoms with Crippen molar-refractivity contribution in [2.45, 2.75) is 62.7 Å². The van der Waals surface area contributed by atoms with Crippen LogP contribution in [0.2, 0.25) is 0 Å². The van der Waals surface area contributed by atoms with E-state index < -0.39 is 47.9 Å². The van der Waals surface area contributed by atoms with Gasteiger partial charge in [-0.2, -0.15) is 11.8 Å². The third-order valence-corrected chi connectivity index (χ3v) is 7.92. The molecular weight excluding hydrogens is 584 g/mol. The van der Waals surface area contributed by atoms with Gasteiger partial charge in [-0.25, -0.2) is 4.79 Å². The van der Waals surface area contributed by atoms with E-state index in [-0.39, 0.29) is 25.0 Å². The van der Waals surface area contributed by atoms with Gasteiger partial charge in [-0.1, -0.05) is 30.3 Å². The first-order valence-electron chi connectivity index (χ1n) is 14.5. The van der Waals surface area contributed by atoms with Gasteiger partial charge in [0.1, 0.15) is 23.9 Å². The third kappa shape index (κ3) is 10.3. The summed E-state index contributed by atoms with van der Waals surface area (Å²) in [6.07, 6.45) is 5.48. The highest BCUT2D eigenvalue weighted by atomic mass is 32.2. The molecule has 4 atom stereocenters. The number of aromatic hydroxyl groups is 1. The van der Waals surface area contributed by atoms with Gasteiger partial charge in [-0.15, -0.1) is 0 Å². The average molecular weight is 627 g/mol. The molecule has 1 heterocycles. The summed E-state index contributed by atoms with van der Waals surface area (Å²) >= 11 is 1.55. The van der Waals surface area contributed by atoms with E-state index in [0.29, 0.717) is 37.1 Å². The fourth-order valence-electron chi connectivity index (χ4n) is 4.76. The van der Waals surface area contributed by atoms with Crippen LogP contribution in [0.3, 0.4) is 0 Å². The maximum Gasteiger partial charge on any atom is 0.326 e. The highest BCUT2D eigenvalue weighted by molar-refractivity contribution is 7.98. The number of fused-ring (bicyclic) bond motifs is 1. The second-order valence-corrected chi connectivity index (χ2v) is 11.6. The minimum Gasteiger partial charge on any atom is -0.508 e.